The lowest BCUT2D eigenvalue weighted by molar-refractivity contribution is -0.122. The lowest BCUT2D eigenvalue weighted by atomic mass is 10.2. The van der Waals surface area contributed by atoms with E-state index in [1.165, 1.54) is 0 Å². The Bertz CT molecular complexity index is 408. The summed E-state index contributed by atoms with van der Waals surface area (Å²) in [5.41, 5.74) is 1.15. The quantitative estimate of drug-likeness (QED) is 0.692. The van der Waals surface area contributed by atoms with Gasteiger partial charge < -0.3 is 16.0 Å². The molecule has 0 aliphatic carbocycles. The molecule has 0 spiro atoms. The maximum absolute atomic E-state index is 11.7. The molecule has 0 radical (unpaired) electrons. The van der Waals surface area contributed by atoms with Gasteiger partial charge in [0.1, 0.15) is 6.04 Å². The molecule has 0 aromatic heterocycles. The van der Waals surface area contributed by atoms with Crippen LogP contribution in [0, 0.1) is 0 Å². The fourth-order valence-corrected chi connectivity index (χ4v) is 1.74. The molecule has 5 heteroatoms. The Morgan fingerprint density at radius 3 is 2.58 bits per heavy atom. The van der Waals surface area contributed by atoms with Gasteiger partial charge in [-0.1, -0.05) is 37.3 Å². The first kappa shape index (κ1) is 15.4. The Labute approximate surface area is 120 Å². The molecule has 0 bridgehead atoms. The third-order valence-corrected chi connectivity index (χ3v) is 2.85. The van der Waals surface area contributed by atoms with Crippen molar-refractivity contribution in [2.24, 2.45) is 0 Å². The van der Waals surface area contributed by atoms with Crippen LogP contribution in [0.1, 0.15) is 25.8 Å². The Balaban J connectivity index is 2.29. The van der Waals surface area contributed by atoms with Crippen LogP contribution in [0.5, 0.6) is 0 Å². The highest BCUT2D eigenvalue weighted by molar-refractivity contribution is 7.80. The van der Waals surface area contributed by atoms with Crippen LogP contribution in [-0.4, -0.2) is 23.6 Å². The van der Waals surface area contributed by atoms with Crippen molar-refractivity contribution in [1.29, 1.82) is 0 Å². The normalized spacial score (nSPS) is 11.5. The van der Waals surface area contributed by atoms with Gasteiger partial charge in [0.25, 0.3) is 0 Å². The summed E-state index contributed by atoms with van der Waals surface area (Å²) in [5.74, 6) is -0.0364. The van der Waals surface area contributed by atoms with Crippen LogP contribution in [0.3, 0.4) is 0 Å². The van der Waals surface area contributed by atoms with E-state index in [1.807, 2.05) is 37.3 Å². The largest absolute Gasteiger partial charge is 0.359 e. The fraction of sp³-hybridized carbons (Fsp3) is 0.429. The van der Waals surface area contributed by atoms with Crippen LogP contribution < -0.4 is 16.0 Å². The molecule has 0 aliphatic heterocycles. The van der Waals surface area contributed by atoms with Gasteiger partial charge in [-0.05, 0) is 31.1 Å². The first-order valence-electron chi connectivity index (χ1n) is 6.49. The van der Waals surface area contributed by atoms with Crippen LogP contribution in [-0.2, 0) is 11.3 Å². The number of hydrogen-bond acceptors (Lipinski definition) is 2. The van der Waals surface area contributed by atoms with Gasteiger partial charge in [0, 0.05) is 13.1 Å². The van der Waals surface area contributed by atoms with E-state index >= 15 is 0 Å². The molecule has 0 aliphatic rings. The molecule has 0 unspecified atom stereocenters. The number of carbonyl (C=O) groups excluding carboxylic acids is 1. The van der Waals surface area contributed by atoms with E-state index in [4.69, 9.17) is 12.2 Å². The second-order valence-corrected chi connectivity index (χ2v) is 4.73. The summed E-state index contributed by atoms with van der Waals surface area (Å²) in [6.45, 7) is 5.15. The Morgan fingerprint density at radius 1 is 1.26 bits per heavy atom. The van der Waals surface area contributed by atoms with E-state index in [2.05, 4.69) is 16.0 Å². The average Bonchev–Trinajstić information content (AvgIpc) is 2.43. The second-order valence-electron chi connectivity index (χ2n) is 4.33. The van der Waals surface area contributed by atoms with Crippen molar-refractivity contribution >= 4 is 23.2 Å². The number of thiocarbonyl (C=S) groups is 1. The summed E-state index contributed by atoms with van der Waals surface area (Å²) in [5, 5.41) is 9.36. The van der Waals surface area contributed by atoms with Gasteiger partial charge in [-0.25, -0.2) is 0 Å². The highest BCUT2D eigenvalue weighted by Crippen LogP contribution is 1.97. The van der Waals surface area contributed by atoms with Gasteiger partial charge in [-0.2, -0.15) is 0 Å². The minimum absolute atomic E-state index is 0.0364. The molecule has 1 atom stereocenters. The first-order valence-corrected chi connectivity index (χ1v) is 6.90. The van der Waals surface area contributed by atoms with E-state index in [-0.39, 0.29) is 11.9 Å². The van der Waals surface area contributed by atoms with Crippen molar-refractivity contribution in [3.05, 3.63) is 35.9 Å². The summed E-state index contributed by atoms with van der Waals surface area (Å²) >= 11 is 5.16. The molecule has 4 nitrogen and oxygen atoms in total. The molecule has 0 saturated heterocycles. The van der Waals surface area contributed by atoms with Crippen molar-refractivity contribution in [2.45, 2.75) is 32.9 Å². The predicted octanol–water partition coefficient (Wildman–Crippen LogP) is 1.57. The SMILES string of the molecule is CCCNC(=O)[C@@H](C)NC(=S)NCc1ccccc1. The van der Waals surface area contributed by atoms with Gasteiger partial charge in [0.15, 0.2) is 5.11 Å². The standard InChI is InChI=1S/C14H21N3OS/c1-3-9-15-13(18)11(2)17-14(19)16-10-12-7-5-4-6-8-12/h4-8,11H,3,9-10H2,1-2H3,(H,15,18)(H2,16,17,19)/t11-/m1/s1. The zero-order chi connectivity index (χ0) is 14.1. The van der Waals surface area contributed by atoms with Gasteiger partial charge in [-0.15, -0.1) is 0 Å². The minimum atomic E-state index is -0.331. The maximum atomic E-state index is 11.7. The smallest absolute Gasteiger partial charge is 0.242 e. The second kappa shape index (κ2) is 8.48. The summed E-state index contributed by atoms with van der Waals surface area (Å²) < 4.78 is 0. The predicted molar refractivity (Wildman–Crippen MR) is 81.8 cm³/mol. The van der Waals surface area contributed by atoms with Crippen LogP contribution >= 0.6 is 12.2 Å². The highest BCUT2D eigenvalue weighted by atomic mass is 32.1. The van der Waals surface area contributed by atoms with E-state index in [0.717, 1.165) is 12.0 Å². The molecule has 0 saturated carbocycles. The van der Waals surface area contributed by atoms with E-state index in [0.29, 0.717) is 18.2 Å². The van der Waals surface area contributed by atoms with E-state index < -0.39 is 0 Å². The zero-order valence-corrected chi connectivity index (χ0v) is 12.2. The average molecular weight is 279 g/mol. The summed E-state index contributed by atoms with van der Waals surface area (Å²) in [6, 6.07) is 9.64. The summed E-state index contributed by atoms with van der Waals surface area (Å²) in [7, 11) is 0. The van der Waals surface area contributed by atoms with Crippen molar-refractivity contribution in [3.63, 3.8) is 0 Å². The molecule has 1 rings (SSSR count). The molecule has 0 heterocycles. The van der Waals surface area contributed by atoms with Crippen molar-refractivity contribution in [2.75, 3.05) is 6.54 Å². The fourth-order valence-electron chi connectivity index (χ4n) is 1.49. The van der Waals surface area contributed by atoms with Gasteiger partial charge in [0.2, 0.25) is 5.91 Å². The first-order chi connectivity index (χ1) is 9.13. The van der Waals surface area contributed by atoms with Crippen molar-refractivity contribution in [3.8, 4) is 0 Å². The Hall–Kier alpha value is -1.62. The number of hydrogen-bond donors (Lipinski definition) is 3. The summed E-state index contributed by atoms with van der Waals surface area (Å²) in [4.78, 5) is 11.7. The third-order valence-electron chi connectivity index (χ3n) is 2.59. The molecule has 1 aromatic rings. The molecule has 19 heavy (non-hydrogen) atoms. The summed E-state index contributed by atoms with van der Waals surface area (Å²) in [6.07, 6.45) is 0.926. The van der Waals surface area contributed by atoms with E-state index in [9.17, 15) is 4.79 Å². The lowest BCUT2D eigenvalue weighted by Gasteiger charge is -2.16. The Morgan fingerprint density at radius 2 is 1.95 bits per heavy atom. The van der Waals surface area contributed by atoms with Crippen molar-refractivity contribution < 1.29 is 4.79 Å². The molecule has 3 N–H and O–H groups in total. The molecule has 1 aromatic carbocycles. The number of nitrogens with one attached hydrogen (secondary N) is 3. The molecule has 104 valence electrons. The van der Waals surface area contributed by atoms with Crippen LogP contribution in [0.25, 0.3) is 0 Å². The number of benzene rings is 1. The lowest BCUT2D eigenvalue weighted by Crippen LogP contribution is -2.48. The topological polar surface area (TPSA) is 53.2 Å². The van der Waals surface area contributed by atoms with Gasteiger partial charge >= 0.3 is 0 Å². The van der Waals surface area contributed by atoms with Crippen molar-refractivity contribution in [1.82, 2.24) is 16.0 Å². The van der Waals surface area contributed by atoms with Gasteiger partial charge in [-0.3, -0.25) is 4.79 Å². The van der Waals surface area contributed by atoms with E-state index in [1.54, 1.807) is 6.92 Å². The maximum Gasteiger partial charge on any atom is 0.242 e. The molecule has 0 fully saturated rings. The molecule has 1 amide bonds. The Kier molecular flexibility index (Phi) is 6.89. The number of carbonyl (C=O) groups is 1. The number of amides is 1. The van der Waals surface area contributed by atoms with Crippen LogP contribution in [0.2, 0.25) is 0 Å². The molecular formula is C14H21N3OS. The zero-order valence-electron chi connectivity index (χ0n) is 11.4. The number of rotatable bonds is 6. The monoisotopic (exact) mass is 279 g/mol. The molecular weight excluding hydrogens is 258 g/mol. The van der Waals surface area contributed by atoms with Crippen LogP contribution in [0.15, 0.2) is 30.3 Å². The minimum Gasteiger partial charge on any atom is -0.359 e. The highest BCUT2D eigenvalue weighted by Gasteiger charge is 2.12. The third kappa shape index (κ3) is 6.20. The van der Waals surface area contributed by atoms with Crippen LogP contribution in [0.4, 0.5) is 0 Å². The van der Waals surface area contributed by atoms with Gasteiger partial charge in [0.05, 0.1) is 0 Å².